The van der Waals surface area contributed by atoms with E-state index in [2.05, 4.69) is 81.8 Å². The van der Waals surface area contributed by atoms with Crippen molar-refractivity contribution in [1.29, 1.82) is 0 Å². The summed E-state index contributed by atoms with van der Waals surface area (Å²) < 4.78 is 0. The van der Waals surface area contributed by atoms with Crippen molar-refractivity contribution in [3.05, 3.63) is 52.2 Å². The molecule has 0 aliphatic carbocycles. The Labute approximate surface area is 179 Å². The summed E-state index contributed by atoms with van der Waals surface area (Å²) in [5, 5.41) is 8.94. The fraction of sp³-hybridized carbons (Fsp3) is 0.542. The zero-order chi connectivity index (χ0) is 21.2. The minimum Gasteiger partial charge on any atom is -0.316 e. The zero-order valence-electron chi connectivity index (χ0n) is 18.6. The van der Waals surface area contributed by atoms with E-state index in [1.807, 2.05) is 17.0 Å². The van der Waals surface area contributed by atoms with E-state index < -0.39 is 0 Å². The lowest BCUT2D eigenvalue weighted by molar-refractivity contribution is 0.0840. The molecule has 2 amide bonds. The lowest BCUT2D eigenvalue weighted by Crippen LogP contribution is -2.63. The molecule has 0 atom stereocenters. The normalized spacial score (nSPS) is 18.6. The Morgan fingerprint density at radius 1 is 1.14 bits per heavy atom. The van der Waals surface area contributed by atoms with E-state index in [1.165, 1.54) is 10.4 Å². The molecule has 1 saturated heterocycles. The summed E-state index contributed by atoms with van der Waals surface area (Å²) in [7, 11) is 0. The van der Waals surface area contributed by atoms with Crippen LogP contribution < -0.4 is 10.6 Å². The van der Waals surface area contributed by atoms with Crippen molar-refractivity contribution in [1.82, 2.24) is 10.2 Å². The van der Waals surface area contributed by atoms with Crippen molar-refractivity contribution in [2.45, 2.75) is 84.0 Å². The van der Waals surface area contributed by atoms with Crippen LogP contribution in [0.25, 0.3) is 0 Å². The lowest BCUT2D eigenvalue weighted by Gasteiger charge is -2.49. The van der Waals surface area contributed by atoms with E-state index in [1.54, 1.807) is 11.3 Å². The summed E-state index contributed by atoms with van der Waals surface area (Å²) in [6.45, 7) is 13.9. The third kappa shape index (κ3) is 5.83. The first-order chi connectivity index (χ1) is 13.5. The summed E-state index contributed by atoms with van der Waals surface area (Å²) in [5.41, 5.74) is 2.10. The Morgan fingerprint density at radius 3 is 2.28 bits per heavy atom. The molecule has 3 rings (SSSR count). The standard InChI is InChI=1S/C24H35N3OS/c1-17(2)18-9-11-19(12-10-18)25-22(28)27(16-21-8-7-13-29-21)20-14-23(3,4)26-24(5,6)15-20/h7-13,17,20,26H,14-16H2,1-6H3,(H,25,28). The van der Waals surface area contributed by atoms with Crippen molar-refractivity contribution in [3.63, 3.8) is 0 Å². The fourth-order valence-electron chi connectivity index (χ4n) is 4.57. The number of thiophene rings is 1. The van der Waals surface area contributed by atoms with Gasteiger partial charge in [-0.25, -0.2) is 4.79 Å². The van der Waals surface area contributed by atoms with Gasteiger partial charge in [0.25, 0.3) is 0 Å². The maximum Gasteiger partial charge on any atom is 0.322 e. The largest absolute Gasteiger partial charge is 0.322 e. The molecule has 2 N–H and O–H groups in total. The highest BCUT2D eigenvalue weighted by atomic mass is 32.1. The van der Waals surface area contributed by atoms with Gasteiger partial charge >= 0.3 is 6.03 Å². The van der Waals surface area contributed by atoms with Crippen LogP contribution in [0.5, 0.6) is 0 Å². The minimum atomic E-state index is -0.0193. The Balaban J connectivity index is 1.81. The summed E-state index contributed by atoms with van der Waals surface area (Å²) in [6.07, 6.45) is 1.86. The predicted molar refractivity (Wildman–Crippen MR) is 124 cm³/mol. The van der Waals surface area contributed by atoms with Crippen LogP contribution in [0, 0.1) is 0 Å². The van der Waals surface area contributed by atoms with E-state index in [-0.39, 0.29) is 23.2 Å². The molecule has 4 nitrogen and oxygen atoms in total. The second kappa shape index (κ2) is 8.49. The van der Waals surface area contributed by atoms with Crippen LogP contribution in [-0.4, -0.2) is 28.1 Å². The quantitative estimate of drug-likeness (QED) is 0.611. The molecule has 5 heteroatoms. The first-order valence-electron chi connectivity index (χ1n) is 10.5. The Bertz CT molecular complexity index is 793. The van der Waals surface area contributed by atoms with Crippen LogP contribution in [0.3, 0.4) is 0 Å². The number of carbonyl (C=O) groups excluding carboxylic acids is 1. The molecule has 0 radical (unpaired) electrons. The van der Waals surface area contributed by atoms with Crippen LogP contribution >= 0.6 is 11.3 Å². The molecule has 0 unspecified atom stereocenters. The number of nitrogens with zero attached hydrogens (tertiary/aromatic N) is 1. The predicted octanol–water partition coefficient (Wildman–Crippen LogP) is 6.21. The van der Waals surface area contributed by atoms with Crippen molar-refractivity contribution in [2.75, 3.05) is 5.32 Å². The summed E-state index contributed by atoms with van der Waals surface area (Å²) >= 11 is 1.71. The molecular formula is C24H35N3OS. The molecule has 2 aromatic rings. The number of urea groups is 1. The minimum absolute atomic E-state index is 0.0146. The molecule has 1 aromatic heterocycles. The first kappa shape index (κ1) is 21.8. The Kier molecular flexibility index (Phi) is 6.39. The van der Waals surface area contributed by atoms with E-state index in [4.69, 9.17) is 0 Å². The lowest BCUT2D eigenvalue weighted by atomic mass is 9.79. The summed E-state index contributed by atoms with van der Waals surface area (Å²) in [6, 6.07) is 12.5. The maximum absolute atomic E-state index is 13.4. The van der Waals surface area contributed by atoms with Gasteiger partial charge < -0.3 is 15.5 Å². The highest BCUT2D eigenvalue weighted by Gasteiger charge is 2.41. The van der Waals surface area contributed by atoms with E-state index in [0.717, 1.165) is 18.5 Å². The van der Waals surface area contributed by atoms with Gasteiger partial charge in [-0.3, -0.25) is 0 Å². The molecule has 1 aromatic carbocycles. The summed E-state index contributed by atoms with van der Waals surface area (Å²) in [4.78, 5) is 16.6. The smallest absolute Gasteiger partial charge is 0.316 e. The van der Waals surface area contributed by atoms with Gasteiger partial charge in [0.1, 0.15) is 0 Å². The number of hydrogen-bond acceptors (Lipinski definition) is 3. The number of piperidine rings is 1. The number of hydrogen-bond donors (Lipinski definition) is 2. The van der Waals surface area contributed by atoms with Crippen LogP contribution in [-0.2, 0) is 6.54 Å². The van der Waals surface area contributed by atoms with E-state index >= 15 is 0 Å². The molecule has 158 valence electrons. The third-order valence-corrected chi connectivity index (χ3v) is 6.47. The fourth-order valence-corrected chi connectivity index (χ4v) is 5.28. The van der Waals surface area contributed by atoms with Gasteiger partial charge in [0, 0.05) is 27.7 Å². The highest BCUT2D eigenvalue weighted by Crippen LogP contribution is 2.33. The second-order valence-electron chi connectivity index (χ2n) is 9.87. The van der Waals surface area contributed by atoms with Gasteiger partial charge in [-0.15, -0.1) is 11.3 Å². The Morgan fingerprint density at radius 2 is 1.76 bits per heavy atom. The summed E-state index contributed by atoms with van der Waals surface area (Å²) in [5.74, 6) is 0.481. The van der Waals surface area contributed by atoms with Crippen LogP contribution in [0.2, 0.25) is 0 Å². The topological polar surface area (TPSA) is 44.4 Å². The highest BCUT2D eigenvalue weighted by molar-refractivity contribution is 7.09. The van der Waals surface area contributed by atoms with Crippen LogP contribution in [0.15, 0.2) is 41.8 Å². The van der Waals surface area contributed by atoms with E-state index in [9.17, 15) is 4.79 Å². The monoisotopic (exact) mass is 413 g/mol. The number of anilines is 1. The third-order valence-electron chi connectivity index (χ3n) is 5.61. The maximum atomic E-state index is 13.4. The van der Waals surface area contributed by atoms with Crippen LogP contribution in [0.4, 0.5) is 10.5 Å². The molecule has 0 bridgehead atoms. The van der Waals surface area contributed by atoms with Crippen molar-refractivity contribution in [3.8, 4) is 0 Å². The molecule has 1 fully saturated rings. The molecule has 2 heterocycles. The number of rotatable bonds is 5. The van der Waals surface area contributed by atoms with Gasteiger partial charge in [0.05, 0.1) is 6.54 Å². The van der Waals surface area contributed by atoms with Crippen molar-refractivity contribution < 1.29 is 4.79 Å². The van der Waals surface area contributed by atoms with Gasteiger partial charge in [0.15, 0.2) is 0 Å². The molecule has 0 saturated carbocycles. The first-order valence-corrected chi connectivity index (χ1v) is 11.4. The second-order valence-corrected chi connectivity index (χ2v) is 10.9. The van der Waals surface area contributed by atoms with Crippen LogP contribution in [0.1, 0.15) is 70.7 Å². The van der Waals surface area contributed by atoms with Gasteiger partial charge in [-0.05, 0) is 75.6 Å². The number of benzene rings is 1. The average Bonchev–Trinajstić information content (AvgIpc) is 3.10. The molecule has 1 aliphatic rings. The number of nitrogens with one attached hydrogen (secondary N) is 2. The van der Waals surface area contributed by atoms with E-state index in [0.29, 0.717) is 12.5 Å². The van der Waals surface area contributed by atoms with Gasteiger partial charge in [0.2, 0.25) is 0 Å². The molecule has 0 spiro atoms. The number of carbonyl (C=O) groups is 1. The van der Waals surface area contributed by atoms with Gasteiger partial charge in [-0.2, -0.15) is 0 Å². The zero-order valence-corrected chi connectivity index (χ0v) is 19.4. The average molecular weight is 414 g/mol. The molecular weight excluding hydrogens is 378 g/mol. The Hall–Kier alpha value is -1.85. The SMILES string of the molecule is CC(C)c1ccc(NC(=O)N(Cc2cccs2)C2CC(C)(C)NC(C)(C)C2)cc1. The van der Waals surface area contributed by atoms with Gasteiger partial charge in [-0.1, -0.05) is 32.0 Å². The molecule has 1 aliphatic heterocycles. The van der Waals surface area contributed by atoms with Crippen molar-refractivity contribution >= 4 is 23.1 Å². The number of amides is 2. The molecule has 29 heavy (non-hydrogen) atoms. The van der Waals surface area contributed by atoms with Crippen molar-refractivity contribution in [2.24, 2.45) is 0 Å².